The first-order valence-electron chi connectivity index (χ1n) is 6.21. The topological polar surface area (TPSA) is 142 Å². The first-order valence-corrected chi connectivity index (χ1v) is 6.21. The summed E-state index contributed by atoms with van der Waals surface area (Å²) in [5.41, 5.74) is 6.91. The van der Waals surface area contributed by atoms with Gasteiger partial charge in [-0.15, -0.1) is 0 Å². The standard InChI is InChI=1S/C12H19N3O5/c13-10-8(1-4-16)7-9(2-5-17)12(15(19)20)11(10)14-3-6-18/h7,14,16-18H,1-6,13H2. The van der Waals surface area contributed by atoms with E-state index in [2.05, 4.69) is 5.32 Å². The van der Waals surface area contributed by atoms with Crippen LogP contribution in [0.1, 0.15) is 11.1 Å². The predicted octanol–water partition coefficient (Wildman–Crippen LogP) is -0.349. The lowest BCUT2D eigenvalue weighted by Gasteiger charge is -2.15. The van der Waals surface area contributed by atoms with Crippen LogP contribution in [-0.4, -0.2) is 46.6 Å². The number of anilines is 2. The monoisotopic (exact) mass is 285 g/mol. The van der Waals surface area contributed by atoms with Gasteiger partial charge in [0.05, 0.1) is 17.2 Å². The number of nitrogens with zero attached hydrogens (tertiary/aromatic N) is 1. The van der Waals surface area contributed by atoms with E-state index in [9.17, 15) is 10.1 Å². The van der Waals surface area contributed by atoms with Crippen LogP contribution in [0.25, 0.3) is 0 Å². The largest absolute Gasteiger partial charge is 0.397 e. The Hall–Kier alpha value is -1.90. The Bertz CT molecular complexity index is 479. The van der Waals surface area contributed by atoms with Gasteiger partial charge in [0.25, 0.3) is 5.69 Å². The number of nitrogens with one attached hydrogen (secondary N) is 1. The van der Waals surface area contributed by atoms with Crippen molar-refractivity contribution in [1.29, 1.82) is 0 Å². The number of hydrogen-bond donors (Lipinski definition) is 5. The van der Waals surface area contributed by atoms with Crippen molar-refractivity contribution in [3.8, 4) is 0 Å². The molecule has 112 valence electrons. The number of hydrogen-bond acceptors (Lipinski definition) is 7. The van der Waals surface area contributed by atoms with Gasteiger partial charge in [-0.3, -0.25) is 10.1 Å². The van der Waals surface area contributed by atoms with Crippen molar-refractivity contribution in [3.05, 3.63) is 27.3 Å². The highest BCUT2D eigenvalue weighted by Crippen LogP contribution is 2.37. The van der Waals surface area contributed by atoms with Crippen LogP contribution in [0, 0.1) is 10.1 Å². The number of aliphatic hydroxyl groups is 3. The van der Waals surface area contributed by atoms with Crippen LogP contribution in [0.4, 0.5) is 17.1 Å². The Balaban J connectivity index is 3.42. The van der Waals surface area contributed by atoms with Crippen molar-refractivity contribution in [3.63, 3.8) is 0 Å². The molecule has 0 bridgehead atoms. The minimum atomic E-state index is -0.566. The average molecular weight is 285 g/mol. The molecule has 0 amide bonds. The number of nitrogens with two attached hydrogens (primary N) is 1. The summed E-state index contributed by atoms with van der Waals surface area (Å²) >= 11 is 0. The van der Waals surface area contributed by atoms with Gasteiger partial charge in [-0.1, -0.05) is 0 Å². The summed E-state index contributed by atoms with van der Waals surface area (Å²) in [4.78, 5) is 10.7. The fourth-order valence-electron chi connectivity index (χ4n) is 2.01. The molecule has 0 radical (unpaired) electrons. The molecule has 0 fully saturated rings. The molecular formula is C12H19N3O5. The summed E-state index contributed by atoms with van der Waals surface area (Å²) in [5.74, 6) is 0. The maximum Gasteiger partial charge on any atom is 0.297 e. The highest BCUT2D eigenvalue weighted by atomic mass is 16.6. The molecule has 0 unspecified atom stereocenters. The normalized spacial score (nSPS) is 10.6. The lowest BCUT2D eigenvalue weighted by atomic mass is 10.00. The van der Waals surface area contributed by atoms with E-state index in [0.717, 1.165) is 0 Å². The summed E-state index contributed by atoms with van der Waals surface area (Å²) in [6, 6.07) is 1.53. The fraction of sp³-hybridized carbons (Fsp3) is 0.500. The summed E-state index contributed by atoms with van der Waals surface area (Å²) < 4.78 is 0. The Labute approximate surface area is 116 Å². The molecule has 8 heteroatoms. The van der Waals surface area contributed by atoms with E-state index in [4.69, 9.17) is 21.1 Å². The summed E-state index contributed by atoms with van der Waals surface area (Å²) in [7, 11) is 0. The molecule has 0 saturated carbocycles. The zero-order chi connectivity index (χ0) is 15.1. The van der Waals surface area contributed by atoms with Gasteiger partial charge in [0.15, 0.2) is 0 Å². The van der Waals surface area contributed by atoms with Gasteiger partial charge in [-0.2, -0.15) is 0 Å². The van der Waals surface area contributed by atoms with E-state index in [0.29, 0.717) is 11.1 Å². The molecule has 0 aliphatic heterocycles. The van der Waals surface area contributed by atoms with Gasteiger partial charge in [0.2, 0.25) is 0 Å². The zero-order valence-electron chi connectivity index (χ0n) is 11.0. The van der Waals surface area contributed by atoms with Crippen LogP contribution < -0.4 is 11.1 Å². The molecular weight excluding hydrogens is 266 g/mol. The summed E-state index contributed by atoms with van der Waals surface area (Å²) in [5, 5.41) is 40.8. The number of rotatable bonds is 8. The van der Waals surface area contributed by atoms with Crippen LogP contribution in [-0.2, 0) is 12.8 Å². The van der Waals surface area contributed by atoms with Gasteiger partial charge < -0.3 is 26.4 Å². The lowest BCUT2D eigenvalue weighted by molar-refractivity contribution is -0.384. The first kappa shape index (κ1) is 16.2. The third-order valence-corrected chi connectivity index (χ3v) is 2.86. The molecule has 1 rings (SSSR count). The van der Waals surface area contributed by atoms with Gasteiger partial charge in [-0.25, -0.2) is 0 Å². The van der Waals surface area contributed by atoms with Crippen molar-refractivity contribution < 1.29 is 20.2 Å². The fourth-order valence-corrected chi connectivity index (χ4v) is 2.01. The Morgan fingerprint density at radius 3 is 2.25 bits per heavy atom. The third-order valence-electron chi connectivity index (χ3n) is 2.86. The van der Waals surface area contributed by atoms with Crippen LogP contribution in [0.5, 0.6) is 0 Å². The van der Waals surface area contributed by atoms with E-state index < -0.39 is 4.92 Å². The van der Waals surface area contributed by atoms with Crippen LogP contribution in [0.3, 0.4) is 0 Å². The van der Waals surface area contributed by atoms with Gasteiger partial charge in [0.1, 0.15) is 5.69 Å². The van der Waals surface area contributed by atoms with Gasteiger partial charge in [-0.05, 0) is 18.1 Å². The molecule has 6 N–H and O–H groups in total. The van der Waals surface area contributed by atoms with Crippen LogP contribution in [0.2, 0.25) is 0 Å². The van der Waals surface area contributed by atoms with Gasteiger partial charge in [0, 0.05) is 31.7 Å². The lowest BCUT2D eigenvalue weighted by Crippen LogP contribution is -2.13. The van der Waals surface area contributed by atoms with Crippen LogP contribution >= 0.6 is 0 Å². The van der Waals surface area contributed by atoms with Gasteiger partial charge >= 0.3 is 0 Å². The molecule has 0 spiro atoms. The van der Waals surface area contributed by atoms with E-state index >= 15 is 0 Å². The number of nitrogen functional groups attached to an aromatic ring is 1. The Kier molecular flexibility index (Phi) is 6.16. The molecule has 20 heavy (non-hydrogen) atoms. The SMILES string of the molecule is Nc1c(CCO)cc(CCO)c([N+](=O)[O-])c1NCCO. The summed E-state index contributed by atoms with van der Waals surface area (Å²) in [6.07, 6.45) is 0.374. The molecule has 1 aromatic rings. The Morgan fingerprint density at radius 1 is 1.15 bits per heavy atom. The highest BCUT2D eigenvalue weighted by Gasteiger charge is 2.24. The van der Waals surface area contributed by atoms with E-state index in [1.165, 1.54) is 6.07 Å². The van der Waals surface area contributed by atoms with Crippen molar-refractivity contribution in [2.24, 2.45) is 0 Å². The zero-order valence-corrected chi connectivity index (χ0v) is 11.0. The molecule has 8 nitrogen and oxygen atoms in total. The van der Waals surface area contributed by atoms with Crippen molar-refractivity contribution in [2.45, 2.75) is 12.8 Å². The maximum atomic E-state index is 11.2. The van der Waals surface area contributed by atoms with E-state index in [1.807, 2.05) is 0 Å². The molecule has 0 saturated heterocycles. The second-order valence-electron chi connectivity index (χ2n) is 4.19. The Morgan fingerprint density at radius 2 is 1.75 bits per heavy atom. The average Bonchev–Trinajstić information content (AvgIpc) is 2.40. The number of nitro benzene ring substituents is 1. The second kappa shape index (κ2) is 7.63. The van der Waals surface area contributed by atoms with Crippen molar-refractivity contribution in [2.75, 3.05) is 37.4 Å². The first-order chi connectivity index (χ1) is 9.56. The molecule has 1 aromatic carbocycles. The van der Waals surface area contributed by atoms with Crippen molar-refractivity contribution >= 4 is 17.1 Å². The smallest absolute Gasteiger partial charge is 0.297 e. The molecule has 0 aromatic heterocycles. The quantitative estimate of drug-likeness (QED) is 0.249. The number of aliphatic hydroxyl groups excluding tert-OH is 3. The maximum absolute atomic E-state index is 11.2. The van der Waals surface area contributed by atoms with Crippen LogP contribution in [0.15, 0.2) is 6.07 Å². The van der Waals surface area contributed by atoms with E-state index in [-0.39, 0.29) is 56.3 Å². The molecule has 0 atom stereocenters. The minimum Gasteiger partial charge on any atom is -0.397 e. The molecule has 0 aliphatic rings. The second-order valence-corrected chi connectivity index (χ2v) is 4.19. The number of nitro groups is 1. The summed E-state index contributed by atoms with van der Waals surface area (Å²) in [6.45, 7) is -0.453. The molecule has 0 heterocycles. The van der Waals surface area contributed by atoms with E-state index in [1.54, 1.807) is 0 Å². The van der Waals surface area contributed by atoms with Crippen molar-refractivity contribution in [1.82, 2.24) is 0 Å². The predicted molar refractivity (Wildman–Crippen MR) is 74.7 cm³/mol. The number of benzene rings is 1. The highest BCUT2D eigenvalue weighted by molar-refractivity contribution is 5.82. The third kappa shape index (κ3) is 3.56. The minimum absolute atomic E-state index is 0.114. The molecule has 0 aliphatic carbocycles.